The quantitative estimate of drug-likeness (QED) is 0.304. The van der Waals surface area contributed by atoms with Gasteiger partial charge in [0.15, 0.2) is 5.78 Å². The number of ketones is 1. The molecule has 4 aromatic rings. The topological polar surface area (TPSA) is 117 Å². The van der Waals surface area contributed by atoms with Gasteiger partial charge in [-0.15, -0.1) is 0 Å². The van der Waals surface area contributed by atoms with E-state index in [9.17, 15) is 27.2 Å². The first kappa shape index (κ1) is 30.3. The number of hydrogen-bond donors (Lipinski definition) is 1. The highest BCUT2D eigenvalue weighted by Gasteiger charge is 2.54. The molecular formula is C34H31FN4O5S. The van der Waals surface area contributed by atoms with Crippen LogP contribution in [-0.4, -0.2) is 71.4 Å². The van der Waals surface area contributed by atoms with E-state index in [1.165, 1.54) is 39.7 Å². The molecule has 230 valence electrons. The summed E-state index contributed by atoms with van der Waals surface area (Å²) in [5.41, 5.74) is 3.38. The number of aromatic nitrogens is 1. The summed E-state index contributed by atoms with van der Waals surface area (Å²) in [6.45, 7) is -0.176. The molecule has 3 unspecified atom stereocenters. The number of carbonyl (C=O) groups is 3. The van der Waals surface area contributed by atoms with Gasteiger partial charge in [-0.3, -0.25) is 19.4 Å². The summed E-state index contributed by atoms with van der Waals surface area (Å²) in [4.78, 5) is 46.1. The number of sulfonamides is 1. The summed E-state index contributed by atoms with van der Waals surface area (Å²) in [7, 11) is -3.87. The van der Waals surface area contributed by atoms with Crippen molar-refractivity contribution in [3.63, 3.8) is 0 Å². The van der Waals surface area contributed by atoms with E-state index in [0.29, 0.717) is 16.7 Å². The van der Waals surface area contributed by atoms with Gasteiger partial charge < -0.3 is 10.2 Å². The molecule has 0 bridgehead atoms. The zero-order chi connectivity index (χ0) is 31.6. The van der Waals surface area contributed by atoms with Crippen LogP contribution in [-0.2, 0) is 31.8 Å². The van der Waals surface area contributed by atoms with Crippen LogP contribution in [0.5, 0.6) is 0 Å². The van der Waals surface area contributed by atoms with Crippen LogP contribution in [0.1, 0.15) is 27.9 Å². The minimum Gasteiger partial charge on any atom is -0.340 e. The minimum absolute atomic E-state index is 0.0536. The normalized spacial score (nSPS) is 18.9. The Hall–Kier alpha value is -4.74. The fourth-order valence-corrected chi connectivity index (χ4v) is 7.82. The molecule has 1 N–H and O–H groups in total. The van der Waals surface area contributed by atoms with Crippen molar-refractivity contribution >= 4 is 27.6 Å². The van der Waals surface area contributed by atoms with Crippen molar-refractivity contribution in [3.05, 3.63) is 126 Å². The Morgan fingerprint density at radius 1 is 0.911 bits per heavy atom. The molecule has 0 saturated carbocycles. The summed E-state index contributed by atoms with van der Waals surface area (Å²) in [5.74, 6) is -2.10. The lowest BCUT2D eigenvalue weighted by molar-refractivity contribution is -0.138. The zero-order valence-corrected chi connectivity index (χ0v) is 25.1. The van der Waals surface area contributed by atoms with Gasteiger partial charge in [0.1, 0.15) is 17.9 Å². The van der Waals surface area contributed by atoms with Gasteiger partial charge in [0.25, 0.3) is 5.91 Å². The van der Waals surface area contributed by atoms with Crippen LogP contribution in [0.4, 0.5) is 4.39 Å². The second kappa shape index (κ2) is 12.7. The standard InChI is InChI=1S/C34H31FN4O5S/c35-28-14-8-23(9-15-28)19-29(37-33(41)27-12-10-26(11-13-27)25-6-2-1-3-7-25)34(42)38-18-16-30-32(38)31(40)21-39(30)45(43,44)22-24-5-4-17-36-20-24/h1-15,17,20,29-30,32H,16,18-19,21-22H2,(H,37,41). The lowest BCUT2D eigenvalue weighted by atomic mass is 10.0. The van der Waals surface area contributed by atoms with Crippen LogP contribution in [0.2, 0.25) is 0 Å². The molecule has 6 rings (SSSR count). The molecule has 3 atom stereocenters. The third kappa shape index (κ3) is 6.54. The third-order valence-corrected chi connectivity index (χ3v) is 10.1. The number of nitrogens with zero attached hydrogens (tertiary/aromatic N) is 3. The summed E-state index contributed by atoms with van der Waals surface area (Å²) < 4.78 is 41.5. The molecule has 2 fully saturated rings. The Morgan fingerprint density at radius 2 is 1.62 bits per heavy atom. The van der Waals surface area contributed by atoms with Gasteiger partial charge in [0, 0.05) is 30.9 Å². The van der Waals surface area contributed by atoms with Crippen LogP contribution < -0.4 is 5.32 Å². The first-order valence-corrected chi connectivity index (χ1v) is 16.2. The Bertz CT molecular complexity index is 1800. The van der Waals surface area contributed by atoms with Crippen molar-refractivity contribution < 1.29 is 27.2 Å². The number of amides is 2. The van der Waals surface area contributed by atoms with E-state index < -0.39 is 45.8 Å². The van der Waals surface area contributed by atoms with E-state index in [-0.39, 0.29) is 37.5 Å². The van der Waals surface area contributed by atoms with Gasteiger partial charge in [0.05, 0.1) is 18.3 Å². The molecule has 2 saturated heterocycles. The Kier molecular flexibility index (Phi) is 8.55. The Balaban J connectivity index is 1.22. The lowest BCUT2D eigenvalue weighted by Crippen LogP contribution is -2.53. The van der Waals surface area contributed by atoms with Crippen LogP contribution in [0, 0.1) is 5.82 Å². The number of nitrogens with one attached hydrogen (secondary N) is 1. The van der Waals surface area contributed by atoms with Gasteiger partial charge in [-0.1, -0.05) is 60.7 Å². The molecule has 11 heteroatoms. The Morgan fingerprint density at radius 3 is 2.31 bits per heavy atom. The highest BCUT2D eigenvalue weighted by Crippen LogP contribution is 2.33. The lowest BCUT2D eigenvalue weighted by Gasteiger charge is -2.28. The van der Waals surface area contributed by atoms with Crippen LogP contribution in [0.3, 0.4) is 0 Å². The average Bonchev–Trinajstić information content (AvgIpc) is 3.63. The van der Waals surface area contributed by atoms with E-state index in [1.807, 2.05) is 42.5 Å². The highest BCUT2D eigenvalue weighted by molar-refractivity contribution is 7.88. The summed E-state index contributed by atoms with van der Waals surface area (Å²) in [5, 5.41) is 2.83. The predicted molar refractivity (Wildman–Crippen MR) is 166 cm³/mol. The molecule has 0 spiro atoms. The van der Waals surface area contributed by atoms with Crippen molar-refractivity contribution in [3.8, 4) is 11.1 Å². The minimum atomic E-state index is -3.87. The highest BCUT2D eigenvalue weighted by atomic mass is 32.2. The van der Waals surface area contributed by atoms with Crippen molar-refractivity contribution in [2.75, 3.05) is 13.1 Å². The first-order chi connectivity index (χ1) is 21.7. The summed E-state index contributed by atoms with van der Waals surface area (Å²) >= 11 is 0. The van der Waals surface area contributed by atoms with E-state index in [0.717, 1.165) is 11.1 Å². The third-order valence-electron chi connectivity index (χ3n) is 8.30. The average molecular weight is 627 g/mol. The number of benzene rings is 3. The molecule has 45 heavy (non-hydrogen) atoms. The van der Waals surface area contributed by atoms with E-state index in [2.05, 4.69) is 10.3 Å². The van der Waals surface area contributed by atoms with Crippen LogP contribution >= 0.6 is 0 Å². The molecule has 3 heterocycles. The number of likely N-dealkylation sites (tertiary alicyclic amines) is 1. The maximum Gasteiger partial charge on any atom is 0.251 e. The van der Waals surface area contributed by atoms with Gasteiger partial charge in [-0.25, -0.2) is 12.8 Å². The molecule has 9 nitrogen and oxygen atoms in total. The van der Waals surface area contributed by atoms with E-state index in [4.69, 9.17) is 0 Å². The smallest absolute Gasteiger partial charge is 0.251 e. The molecule has 2 aliphatic rings. The largest absolute Gasteiger partial charge is 0.340 e. The predicted octanol–water partition coefficient (Wildman–Crippen LogP) is 3.61. The van der Waals surface area contributed by atoms with Gasteiger partial charge in [-0.05, 0) is 59.0 Å². The molecule has 2 aliphatic heterocycles. The van der Waals surface area contributed by atoms with Crippen LogP contribution in [0.25, 0.3) is 11.1 Å². The van der Waals surface area contributed by atoms with Crippen molar-refractivity contribution in [2.24, 2.45) is 0 Å². The molecule has 0 radical (unpaired) electrons. The number of rotatable bonds is 9. The van der Waals surface area contributed by atoms with Crippen molar-refractivity contribution in [1.82, 2.24) is 19.5 Å². The molecule has 1 aromatic heterocycles. The second-order valence-corrected chi connectivity index (χ2v) is 13.2. The molecule has 3 aromatic carbocycles. The number of fused-ring (bicyclic) bond motifs is 1. The number of hydrogen-bond acceptors (Lipinski definition) is 6. The number of carbonyl (C=O) groups excluding carboxylic acids is 3. The maximum absolute atomic E-state index is 14.1. The summed E-state index contributed by atoms with van der Waals surface area (Å²) in [6, 6.07) is 22.9. The Labute approximate surface area is 260 Å². The maximum atomic E-state index is 14.1. The van der Waals surface area contributed by atoms with Crippen LogP contribution in [0.15, 0.2) is 103 Å². The number of pyridine rings is 1. The SMILES string of the molecule is O=C(NC(Cc1ccc(F)cc1)C(=O)N1CCC2C1C(=O)CN2S(=O)(=O)Cc1cccnc1)c1ccc(-c2ccccc2)cc1. The van der Waals surface area contributed by atoms with Gasteiger partial charge in [-0.2, -0.15) is 4.31 Å². The number of halogens is 1. The van der Waals surface area contributed by atoms with Gasteiger partial charge >= 0.3 is 0 Å². The fraction of sp³-hybridized carbons (Fsp3) is 0.235. The first-order valence-electron chi connectivity index (χ1n) is 14.6. The molecular weight excluding hydrogens is 595 g/mol. The monoisotopic (exact) mass is 626 g/mol. The summed E-state index contributed by atoms with van der Waals surface area (Å²) in [6.07, 6.45) is 3.35. The van der Waals surface area contributed by atoms with Crippen molar-refractivity contribution in [2.45, 2.75) is 36.7 Å². The van der Waals surface area contributed by atoms with Gasteiger partial charge in [0.2, 0.25) is 15.9 Å². The fourth-order valence-electron chi connectivity index (χ4n) is 6.10. The molecule has 0 aliphatic carbocycles. The van der Waals surface area contributed by atoms with E-state index >= 15 is 0 Å². The zero-order valence-electron chi connectivity index (χ0n) is 24.3. The second-order valence-electron chi connectivity index (χ2n) is 11.3. The van der Waals surface area contributed by atoms with Crippen molar-refractivity contribution in [1.29, 1.82) is 0 Å². The van der Waals surface area contributed by atoms with E-state index in [1.54, 1.807) is 30.5 Å². The molecule has 2 amide bonds. The number of Topliss-reactive ketones (excluding diaryl/α,β-unsaturated/α-hetero) is 1.